The highest BCUT2D eigenvalue weighted by molar-refractivity contribution is 5.87. The Bertz CT molecular complexity index is 418. The van der Waals surface area contributed by atoms with Crippen LogP contribution >= 0.6 is 0 Å². The highest BCUT2D eigenvalue weighted by Gasteiger charge is 2.22. The number of rotatable bonds is 4. The van der Waals surface area contributed by atoms with Crippen molar-refractivity contribution in [1.82, 2.24) is 4.98 Å². The summed E-state index contributed by atoms with van der Waals surface area (Å²) >= 11 is 0. The third kappa shape index (κ3) is 2.44. The van der Waals surface area contributed by atoms with Crippen LogP contribution in [0.25, 0.3) is 0 Å². The number of aromatic nitrogens is 1. The van der Waals surface area contributed by atoms with Crippen LogP contribution in [0.2, 0.25) is 0 Å². The molecular weight excluding hydrogens is 216 g/mol. The molecular formula is C9H10N2O5. The summed E-state index contributed by atoms with van der Waals surface area (Å²) in [5, 5.41) is 10.6. The van der Waals surface area contributed by atoms with E-state index < -0.39 is 16.7 Å². The van der Waals surface area contributed by atoms with Crippen LogP contribution < -0.4 is 4.74 Å². The molecule has 86 valence electrons. The number of esters is 1. The Morgan fingerprint density at radius 2 is 2.25 bits per heavy atom. The monoisotopic (exact) mass is 226 g/mol. The van der Waals surface area contributed by atoms with Gasteiger partial charge in [0.1, 0.15) is 0 Å². The predicted octanol–water partition coefficient (Wildman–Crippen LogP) is 1.18. The van der Waals surface area contributed by atoms with E-state index in [1.807, 2.05) is 0 Å². The molecule has 1 rings (SSSR count). The van der Waals surface area contributed by atoms with Gasteiger partial charge in [0.25, 0.3) is 5.69 Å². The Hall–Kier alpha value is -2.18. The van der Waals surface area contributed by atoms with E-state index in [4.69, 9.17) is 4.74 Å². The Kier molecular flexibility index (Phi) is 3.76. The number of hydrogen-bond donors (Lipinski definition) is 0. The van der Waals surface area contributed by atoms with E-state index in [2.05, 4.69) is 9.72 Å². The zero-order valence-electron chi connectivity index (χ0n) is 8.80. The molecule has 0 aliphatic heterocycles. The highest BCUT2D eigenvalue weighted by Crippen LogP contribution is 2.24. The molecule has 0 amide bonds. The lowest BCUT2D eigenvalue weighted by molar-refractivity contribution is -0.390. The number of carbonyl (C=O) groups excluding carboxylic acids is 1. The number of pyridine rings is 1. The molecule has 0 radical (unpaired) electrons. The molecule has 0 saturated heterocycles. The maximum atomic E-state index is 11.3. The molecule has 0 atom stereocenters. The van der Waals surface area contributed by atoms with Crippen molar-refractivity contribution >= 4 is 11.8 Å². The second kappa shape index (κ2) is 5.06. The lowest BCUT2D eigenvalue weighted by Crippen LogP contribution is -2.09. The minimum Gasteiger partial charge on any atom is -0.489 e. The fourth-order valence-electron chi connectivity index (χ4n) is 1.04. The van der Waals surface area contributed by atoms with Crippen LogP contribution in [0.1, 0.15) is 17.4 Å². The number of hydrogen-bond acceptors (Lipinski definition) is 6. The van der Waals surface area contributed by atoms with Crippen LogP contribution in [0.15, 0.2) is 12.1 Å². The van der Waals surface area contributed by atoms with E-state index in [0.717, 1.165) is 0 Å². The zero-order chi connectivity index (χ0) is 12.1. The minimum atomic E-state index is -0.721. The second-order valence-corrected chi connectivity index (χ2v) is 2.70. The molecule has 0 saturated carbocycles. The van der Waals surface area contributed by atoms with Gasteiger partial charge in [-0.1, -0.05) is 0 Å². The number of nitrogens with zero attached hydrogens (tertiary/aromatic N) is 2. The Labute approximate surface area is 91.2 Å². The molecule has 0 bridgehead atoms. The first-order valence-electron chi connectivity index (χ1n) is 4.46. The number of ether oxygens (including phenoxy) is 2. The van der Waals surface area contributed by atoms with Crippen LogP contribution in [0.5, 0.6) is 5.75 Å². The van der Waals surface area contributed by atoms with Crippen molar-refractivity contribution in [2.75, 3.05) is 13.7 Å². The standard InChI is InChI=1S/C9H10N2O5/c1-3-16-9(12)6-4-5-7(15-2)8(10-6)11(13)14/h4-5H,3H2,1-2H3. The van der Waals surface area contributed by atoms with Gasteiger partial charge < -0.3 is 19.6 Å². The van der Waals surface area contributed by atoms with Crippen molar-refractivity contribution in [2.24, 2.45) is 0 Å². The van der Waals surface area contributed by atoms with Crippen LogP contribution in [-0.4, -0.2) is 29.6 Å². The number of methoxy groups -OCH3 is 1. The molecule has 0 unspecified atom stereocenters. The van der Waals surface area contributed by atoms with Gasteiger partial charge in [0.05, 0.1) is 13.7 Å². The maximum Gasteiger partial charge on any atom is 0.407 e. The SMILES string of the molecule is CCOC(=O)c1ccc(OC)c([N+](=O)[O-])n1. The van der Waals surface area contributed by atoms with Crippen molar-refractivity contribution in [2.45, 2.75) is 6.92 Å². The predicted molar refractivity (Wildman–Crippen MR) is 53.4 cm³/mol. The first-order valence-corrected chi connectivity index (χ1v) is 4.46. The van der Waals surface area contributed by atoms with Crippen molar-refractivity contribution in [3.8, 4) is 5.75 Å². The fraction of sp³-hybridized carbons (Fsp3) is 0.333. The summed E-state index contributed by atoms with van der Waals surface area (Å²) in [5.41, 5.74) is -0.116. The third-order valence-electron chi connectivity index (χ3n) is 1.72. The highest BCUT2D eigenvalue weighted by atomic mass is 16.6. The summed E-state index contributed by atoms with van der Waals surface area (Å²) in [6.07, 6.45) is 0. The lowest BCUT2D eigenvalue weighted by Gasteiger charge is -2.02. The molecule has 0 aromatic carbocycles. The van der Waals surface area contributed by atoms with E-state index in [-0.39, 0.29) is 18.1 Å². The summed E-state index contributed by atoms with van der Waals surface area (Å²) in [6, 6.07) is 2.61. The largest absolute Gasteiger partial charge is 0.489 e. The zero-order valence-corrected chi connectivity index (χ0v) is 8.80. The lowest BCUT2D eigenvalue weighted by atomic mass is 10.3. The van der Waals surface area contributed by atoms with Gasteiger partial charge in [-0.2, -0.15) is 0 Å². The van der Waals surface area contributed by atoms with E-state index in [0.29, 0.717) is 0 Å². The maximum absolute atomic E-state index is 11.3. The van der Waals surface area contributed by atoms with Gasteiger partial charge in [-0.3, -0.25) is 0 Å². The number of nitro groups is 1. The Morgan fingerprint density at radius 3 is 2.75 bits per heavy atom. The quantitative estimate of drug-likeness (QED) is 0.434. The summed E-state index contributed by atoms with van der Waals surface area (Å²) in [6.45, 7) is 1.82. The van der Waals surface area contributed by atoms with Gasteiger partial charge in [0.15, 0.2) is 0 Å². The summed E-state index contributed by atoms with van der Waals surface area (Å²) < 4.78 is 9.42. The molecule has 7 heteroatoms. The van der Waals surface area contributed by atoms with Crippen molar-refractivity contribution in [1.29, 1.82) is 0 Å². The molecule has 7 nitrogen and oxygen atoms in total. The van der Waals surface area contributed by atoms with Crippen molar-refractivity contribution in [3.05, 3.63) is 27.9 Å². The van der Waals surface area contributed by atoms with Gasteiger partial charge in [0.2, 0.25) is 5.75 Å². The molecule has 0 aliphatic rings. The van der Waals surface area contributed by atoms with Gasteiger partial charge in [-0.05, 0) is 22.9 Å². The molecule has 1 aromatic rings. The van der Waals surface area contributed by atoms with Gasteiger partial charge in [-0.15, -0.1) is 0 Å². The normalized spacial score (nSPS) is 9.62. The Morgan fingerprint density at radius 1 is 1.56 bits per heavy atom. The van der Waals surface area contributed by atoms with Crippen molar-refractivity contribution in [3.63, 3.8) is 0 Å². The van der Waals surface area contributed by atoms with Crippen LogP contribution in [-0.2, 0) is 4.74 Å². The molecule has 0 fully saturated rings. The fourth-order valence-corrected chi connectivity index (χ4v) is 1.04. The molecule has 1 heterocycles. The average Bonchev–Trinajstić information content (AvgIpc) is 2.28. The first-order chi connectivity index (χ1) is 7.60. The van der Waals surface area contributed by atoms with Gasteiger partial charge in [-0.25, -0.2) is 4.79 Å². The third-order valence-corrected chi connectivity index (χ3v) is 1.72. The minimum absolute atomic E-state index is 0.00181. The van der Waals surface area contributed by atoms with Crippen LogP contribution in [0.4, 0.5) is 5.82 Å². The molecule has 16 heavy (non-hydrogen) atoms. The van der Waals surface area contributed by atoms with E-state index in [1.165, 1.54) is 19.2 Å². The van der Waals surface area contributed by atoms with E-state index in [9.17, 15) is 14.9 Å². The topological polar surface area (TPSA) is 91.6 Å². The molecule has 0 spiro atoms. The van der Waals surface area contributed by atoms with E-state index in [1.54, 1.807) is 6.92 Å². The molecule has 0 N–H and O–H groups in total. The van der Waals surface area contributed by atoms with E-state index >= 15 is 0 Å². The summed E-state index contributed by atoms with van der Waals surface area (Å²) in [4.78, 5) is 24.7. The van der Waals surface area contributed by atoms with Crippen LogP contribution in [0, 0.1) is 10.1 Å². The number of carbonyl (C=O) groups is 1. The smallest absolute Gasteiger partial charge is 0.407 e. The van der Waals surface area contributed by atoms with Crippen molar-refractivity contribution < 1.29 is 19.2 Å². The Balaban J connectivity index is 3.11. The summed E-state index contributed by atoms with van der Waals surface area (Å²) in [5.74, 6) is -1.21. The average molecular weight is 226 g/mol. The van der Waals surface area contributed by atoms with Gasteiger partial charge >= 0.3 is 11.8 Å². The molecule has 0 aliphatic carbocycles. The van der Waals surface area contributed by atoms with Crippen LogP contribution in [0.3, 0.4) is 0 Å². The summed E-state index contributed by atoms with van der Waals surface area (Å²) in [7, 11) is 1.29. The first kappa shape index (κ1) is 11.9. The molecule has 1 aromatic heterocycles. The second-order valence-electron chi connectivity index (χ2n) is 2.70. The van der Waals surface area contributed by atoms with Gasteiger partial charge in [0, 0.05) is 6.07 Å².